The van der Waals surface area contributed by atoms with Crippen molar-refractivity contribution < 1.29 is 14.6 Å². The van der Waals surface area contributed by atoms with Crippen LogP contribution in [0.4, 0.5) is 10.5 Å². The van der Waals surface area contributed by atoms with Crippen molar-refractivity contribution in [1.82, 2.24) is 24.5 Å². The van der Waals surface area contributed by atoms with Crippen LogP contribution >= 0.6 is 0 Å². The maximum Gasteiger partial charge on any atom is 0.409 e. The molecule has 0 unspecified atom stereocenters. The van der Waals surface area contributed by atoms with Crippen molar-refractivity contribution in [1.29, 1.82) is 0 Å². The third-order valence-corrected chi connectivity index (χ3v) is 4.12. The van der Waals surface area contributed by atoms with Crippen LogP contribution < -0.4 is 15.5 Å². The van der Waals surface area contributed by atoms with E-state index in [1.54, 1.807) is 59.3 Å². The van der Waals surface area contributed by atoms with Crippen LogP contribution in [0.25, 0.3) is 16.6 Å². The summed E-state index contributed by atoms with van der Waals surface area (Å²) in [5.74, 6) is 0.504. The second-order valence-corrected chi connectivity index (χ2v) is 6.24. The zero-order valence-electron chi connectivity index (χ0n) is 15.3. The molecule has 0 spiro atoms. The lowest BCUT2D eigenvalue weighted by Gasteiger charge is -2.09. The number of pyridine rings is 1. The number of aryl methyl sites for hydroxylation is 1. The third-order valence-electron chi connectivity index (χ3n) is 4.12. The number of benzene rings is 1. The first-order chi connectivity index (χ1) is 14.0. The monoisotopic (exact) mass is 392 g/mol. The van der Waals surface area contributed by atoms with Gasteiger partial charge in [0.25, 0.3) is 0 Å². The maximum absolute atomic E-state index is 12.1. The minimum atomic E-state index is -1.17. The maximum atomic E-state index is 12.1. The minimum absolute atomic E-state index is 0.0219. The minimum Gasteiger partial charge on any atom is -0.487 e. The zero-order chi connectivity index (χ0) is 20.4. The third kappa shape index (κ3) is 4.05. The molecule has 1 aromatic carbocycles. The number of nitrogens with zero attached hydrogens (tertiary/aromatic N) is 5. The number of hydrogen-bond donors (Lipinski definition) is 2. The number of anilines is 1. The number of nitrogens with one attached hydrogen (secondary N) is 1. The molecule has 10 heteroatoms. The van der Waals surface area contributed by atoms with Crippen LogP contribution in [0.15, 0.2) is 59.9 Å². The molecule has 4 rings (SSSR count). The molecule has 3 heterocycles. The topological polar surface area (TPSA) is 124 Å². The lowest BCUT2D eigenvalue weighted by atomic mass is 10.2. The van der Waals surface area contributed by atoms with E-state index in [9.17, 15) is 9.59 Å². The van der Waals surface area contributed by atoms with Crippen LogP contribution in [0.5, 0.6) is 5.75 Å². The molecule has 146 valence electrons. The van der Waals surface area contributed by atoms with E-state index in [0.717, 1.165) is 5.69 Å². The summed E-state index contributed by atoms with van der Waals surface area (Å²) < 4.78 is 8.93. The van der Waals surface area contributed by atoms with E-state index >= 15 is 0 Å². The predicted octanol–water partition coefficient (Wildman–Crippen LogP) is 2.18. The van der Waals surface area contributed by atoms with Gasteiger partial charge in [0.05, 0.1) is 29.8 Å². The number of ether oxygens (including phenoxy) is 1. The van der Waals surface area contributed by atoms with Crippen molar-refractivity contribution in [2.45, 2.75) is 6.61 Å². The highest BCUT2D eigenvalue weighted by Gasteiger charge is 2.08. The first kappa shape index (κ1) is 18.2. The van der Waals surface area contributed by atoms with Gasteiger partial charge in [-0.1, -0.05) is 0 Å². The van der Waals surface area contributed by atoms with Gasteiger partial charge in [0.2, 0.25) is 5.43 Å². The highest BCUT2D eigenvalue weighted by molar-refractivity contribution is 5.88. The van der Waals surface area contributed by atoms with Crippen LogP contribution in [0.3, 0.4) is 0 Å². The molecule has 0 aliphatic rings. The van der Waals surface area contributed by atoms with Crippen molar-refractivity contribution in [3.63, 3.8) is 0 Å². The van der Waals surface area contributed by atoms with Crippen molar-refractivity contribution in [2.75, 3.05) is 5.32 Å². The molecule has 2 N–H and O–H groups in total. The fourth-order valence-corrected chi connectivity index (χ4v) is 2.76. The summed E-state index contributed by atoms with van der Waals surface area (Å²) >= 11 is 0. The largest absolute Gasteiger partial charge is 0.487 e. The van der Waals surface area contributed by atoms with E-state index < -0.39 is 6.09 Å². The average Bonchev–Trinajstić information content (AvgIpc) is 3.13. The lowest BCUT2D eigenvalue weighted by molar-refractivity contribution is 0.209. The highest BCUT2D eigenvalue weighted by Crippen LogP contribution is 2.22. The number of aromatic nitrogens is 5. The summed E-state index contributed by atoms with van der Waals surface area (Å²) in [6, 6.07) is 8.27. The van der Waals surface area contributed by atoms with Crippen molar-refractivity contribution in [3.8, 4) is 11.4 Å². The van der Waals surface area contributed by atoms with E-state index in [1.807, 2.05) is 0 Å². The Morgan fingerprint density at radius 1 is 1.24 bits per heavy atom. The van der Waals surface area contributed by atoms with Gasteiger partial charge in [-0.05, 0) is 24.3 Å². The molecule has 0 saturated carbocycles. The van der Waals surface area contributed by atoms with Crippen molar-refractivity contribution >= 4 is 22.7 Å². The number of carboxylic acid groups (broad SMARTS) is 1. The first-order valence-corrected chi connectivity index (χ1v) is 8.58. The van der Waals surface area contributed by atoms with Gasteiger partial charge in [0.1, 0.15) is 23.7 Å². The van der Waals surface area contributed by atoms with E-state index in [0.29, 0.717) is 22.3 Å². The highest BCUT2D eigenvalue weighted by atomic mass is 16.5. The second-order valence-electron chi connectivity index (χ2n) is 6.24. The van der Waals surface area contributed by atoms with Crippen LogP contribution in [0.2, 0.25) is 0 Å². The fraction of sp³-hybridized carbons (Fsp3) is 0.105. The summed E-state index contributed by atoms with van der Waals surface area (Å²) in [5, 5.41) is 20.2. The zero-order valence-corrected chi connectivity index (χ0v) is 15.3. The number of rotatable bonds is 5. The van der Waals surface area contributed by atoms with Gasteiger partial charge in [0.15, 0.2) is 0 Å². The Hall–Kier alpha value is -4.21. The molecule has 0 atom stereocenters. The molecule has 0 fully saturated rings. The first-order valence-electron chi connectivity index (χ1n) is 8.58. The van der Waals surface area contributed by atoms with Crippen molar-refractivity contribution in [2.24, 2.45) is 7.05 Å². The normalized spacial score (nSPS) is 10.8. The molecule has 0 bridgehead atoms. The van der Waals surface area contributed by atoms with Gasteiger partial charge in [-0.3, -0.25) is 19.8 Å². The second kappa shape index (κ2) is 7.43. The van der Waals surface area contributed by atoms with E-state index in [1.165, 1.54) is 12.3 Å². The number of carbonyl (C=O) groups is 1. The Morgan fingerprint density at radius 3 is 2.86 bits per heavy atom. The van der Waals surface area contributed by atoms with Gasteiger partial charge in [-0.15, -0.1) is 0 Å². The van der Waals surface area contributed by atoms with Crippen LogP contribution in [-0.4, -0.2) is 35.7 Å². The van der Waals surface area contributed by atoms with Gasteiger partial charge in [-0.25, -0.2) is 9.48 Å². The van der Waals surface area contributed by atoms with Crippen molar-refractivity contribution in [3.05, 3.63) is 71.0 Å². The summed E-state index contributed by atoms with van der Waals surface area (Å²) in [7, 11) is 1.79. The standard InChI is InChI=1S/C19H16N6O4/c1-24-10-14(9-21-24)25-5-4-18(26)17(23-25)11-29-15-2-3-16-12(7-15)6-13(8-20-16)22-19(27)28/h2-10,22H,11H2,1H3,(H,27,28). The molecule has 1 amide bonds. The van der Waals surface area contributed by atoms with E-state index in [4.69, 9.17) is 9.84 Å². The summed E-state index contributed by atoms with van der Waals surface area (Å²) in [5.41, 5.74) is 1.77. The van der Waals surface area contributed by atoms with Crippen LogP contribution in [0.1, 0.15) is 5.69 Å². The van der Waals surface area contributed by atoms with Gasteiger partial charge < -0.3 is 9.84 Å². The molecule has 0 aliphatic carbocycles. The molecule has 10 nitrogen and oxygen atoms in total. The number of fused-ring (bicyclic) bond motifs is 1. The molecule has 0 aliphatic heterocycles. The fourth-order valence-electron chi connectivity index (χ4n) is 2.76. The summed E-state index contributed by atoms with van der Waals surface area (Å²) in [6.45, 7) is -0.0219. The quantitative estimate of drug-likeness (QED) is 0.533. The predicted molar refractivity (Wildman–Crippen MR) is 104 cm³/mol. The Labute approximate surface area is 164 Å². The molecular formula is C19H16N6O4. The molecule has 4 aromatic rings. The van der Waals surface area contributed by atoms with E-state index in [2.05, 4.69) is 20.5 Å². The Bertz CT molecular complexity index is 1260. The Balaban J connectivity index is 1.56. The smallest absolute Gasteiger partial charge is 0.409 e. The van der Waals surface area contributed by atoms with Crippen LogP contribution in [0, 0.1) is 0 Å². The average molecular weight is 392 g/mol. The summed E-state index contributed by atoms with van der Waals surface area (Å²) in [6.07, 6.45) is 5.26. The molecule has 29 heavy (non-hydrogen) atoms. The van der Waals surface area contributed by atoms with Gasteiger partial charge in [-0.2, -0.15) is 10.2 Å². The molecular weight excluding hydrogens is 376 g/mol. The number of hydrogen-bond acceptors (Lipinski definition) is 6. The molecule has 0 saturated heterocycles. The number of amides is 1. The molecule has 3 aromatic heterocycles. The van der Waals surface area contributed by atoms with Gasteiger partial charge >= 0.3 is 6.09 Å². The lowest BCUT2D eigenvalue weighted by Crippen LogP contribution is -2.17. The summed E-state index contributed by atoms with van der Waals surface area (Å²) in [4.78, 5) is 27.1. The van der Waals surface area contributed by atoms with Crippen LogP contribution in [-0.2, 0) is 13.7 Å². The Morgan fingerprint density at radius 2 is 2.10 bits per heavy atom. The molecule has 0 radical (unpaired) electrons. The SMILES string of the molecule is Cn1cc(-n2ccc(=O)c(COc3ccc4ncc(NC(=O)O)cc4c3)n2)cn1. The van der Waals surface area contributed by atoms with Gasteiger partial charge in [0, 0.05) is 24.7 Å². The Kier molecular flexibility index (Phi) is 4.65. The van der Waals surface area contributed by atoms with E-state index in [-0.39, 0.29) is 17.7 Å².